The third-order valence-electron chi connectivity index (χ3n) is 3.84. The Labute approximate surface area is 122 Å². The lowest BCUT2D eigenvalue weighted by atomic mass is 9.82. The summed E-state index contributed by atoms with van der Waals surface area (Å²) in [5.41, 5.74) is -0.448. The zero-order valence-electron chi connectivity index (χ0n) is 12.1. The number of nitro benzene ring substituents is 1. The molecule has 1 aliphatic carbocycles. The Morgan fingerprint density at radius 3 is 2.43 bits per heavy atom. The highest BCUT2D eigenvalue weighted by Crippen LogP contribution is 2.36. The molecule has 6 nitrogen and oxygen atoms in total. The van der Waals surface area contributed by atoms with Crippen molar-refractivity contribution >= 4 is 11.7 Å². The van der Waals surface area contributed by atoms with Crippen LogP contribution in [0.4, 0.5) is 5.69 Å². The predicted octanol–water partition coefficient (Wildman–Crippen LogP) is 3.50. The second kappa shape index (κ2) is 6.11. The Morgan fingerprint density at radius 1 is 1.29 bits per heavy atom. The predicted molar refractivity (Wildman–Crippen MR) is 76.7 cm³/mol. The molecule has 2 unspecified atom stereocenters. The smallest absolute Gasteiger partial charge is 0.339 e. The maximum absolute atomic E-state index is 11.3. The van der Waals surface area contributed by atoms with Crippen LogP contribution in [0.15, 0.2) is 18.2 Å². The van der Waals surface area contributed by atoms with Crippen molar-refractivity contribution in [2.75, 3.05) is 0 Å². The van der Waals surface area contributed by atoms with E-state index in [4.69, 9.17) is 4.74 Å². The summed E-state index contributed by atoms with van der Waals surface area (Å²) < 4.78 is 5.76. The van der Waals surface area contributed by atoms with Gasteiger partial charge in [0.1, 0.15) is 5.56 Å². The highest BCUT2D eigenvalue weighted by Gasteiger charge is 2.30. The summed E-state index contributed by atoms with van der Waals surface area (Å²) >= 11 is 0. The monoisotopic (exact) mass is 293 g/mol. The van der Waals surface area contributed by atoms with Gasteiger partial charge in [-0.3, -0.25) is 10.1 Å². The molecule has 1 aromatic rings. The fourth-order valence-corrected chi connectivity index (χ4v) is 3.10. The van der Waals surface area contributed by atoms with Crippen molar-refractivity contribution in [3.8, 4) is 5.75 Å². The number of rotatable bonds is 4. The number of benzene rings is 1. The van der Waals surface area contributed by atoms with Gasteiger partial charge in [0, 0.05) is 6.07 Å². The van der Waals surface area contributed by atoms with E-state index >= 15 is 0 Å². The molecule has 0 saturated heterocycles. The molecule has 2 atom stereocenters. The third-order valence-corrected chi connectivity index (χ3v) is 3.84. The minimum Gasteiger partial charge on any atom is -0.483 e. The lowest BCUT2D eigenvalue weighted by Crippen LogP contribution is -2.29. The molecule has 6 heteroatoms. The van der Waals surface area contributed by atoms with Crippen LogP contribution in [0, 0.1) is 22.0 Å². The minimum absolute atomic E-state index is 0.124. The number of hydrogen-bond acceptors (Lipinski definition) is 4. The van der Waals surface area contributed by atoms with E-state index in [1.807, 2.05) is 0 Å². The number of hydrogen-bond donors (Lipinski definition) is 1. The summed E-state index contributed by atoms with van der Waals surface area (Å²) in [5.74, 6) is -0.406. The fourth-order valence-electron chi connectivity index (χ4n) is 3.10. The van der Waals surface area contributed by atoms with Gasteiger partial charge in [-0.15, -0.1) is 0 Å². The van der Waals surface area contributed by atoms with E-state index in [0.717, 1.165) is 19.3 Å². The van der Waals surface area contributed by atoms with Gasteiger partial charge in [0.25, 0.3) is 0 Å². The van der Waals surface area contributed by atoms with Crippen LogP contribution in [0.25, 0.3) is 0 Å². The van der Waals surface area contributed by atoms with Gasteiger partial charge in [-0.25, -0.2) is 4.79 Å². The Bertz CT molecular complexity index is 515. The van der Waals surface area contributed by atoms with E-state index in [9.17, 15) is 20.0 Å². The van der Waals surface area contributed by atoms with Crippen LogP contribution in [0.1, 0.15) is 43.5 Å². The van der Waals surface area contributed by atoms with Crippen molar-refractivity contribution in [1.29, 1.82) is 0 Å². The topological polar surface area (TPSA) is 89.7 Å². The number of carbonyl (C=O) groups is 1. The molecule has 114 valence electrons. The average molecular weight is 293 g/mol. The van der Waals surface area contributed by atoms with E-state index in [0.29, 0.717) is 11.8 Å². The quantitative estimate of drug-likeness (QED) is 0.677. The second-order valence-corrected chi connectivity index (χ2v) is 5.87. The third kappa shape index (κ3) is 3.51. The second-order valence-electron chi connectivity index (χ2n) is 5.87. The van der Waals surface area contributed by atoms with E-state index in [-0.39, 0.29) is 23.1 Å². The summed E-state index contributed by atoms with van der Waals surface area (Å²) in [5, 5.41) is 20.3. The molecular formula is C15H19NO5. The molecule has 1 N–H and O–H groups in total. The zero-order valence-corrected chi connectivity index (χ0v) is 12.1. The molecule has 2 rings (SSSR count). The van der Waals surface area contributed by atoms with Crippen molar-refractivity contribution in [3.05, 3.63) is 33.9 Å². The molecule has 0 amide bonds. The van der Waals surface area contributed by atoms with Gasteiger partial charge in [-0.2, -0.15) is 0 Å². The summed E-state index contributed by atoms with van der Waals surface area (Å²) in [6.07, 6.45) is 2.50. The van der Waals surface area contributed by atoms with Crippen molar-refractivity contribution < 1.29 is 19.6 Å². The highest BCUT2D eigenvalue weighted by molar-refractivity contribution is 5.92. The van der Waals surface area contributed by atoms with Gasteiger partial charge in [-0.05, 0) is 37.2 Å². The van der Waals surface area contributed by atoms with Gasteiger partial charge < -0.3 is 9.84 Å². The molecule has 0 heterocycles. The Morgan fingerprint density at radius 2 is 1.90 bits per heavy atom. The molecule has 0 radical (unpaired) electrons. The lowest BCUT2D eigenvalue weighted by molar-refractivity contribution is -0.386. The number of carboxylic acids is 1. The number of nitrogens with zero attached hydrogens (tertiary/aromatic N) is 1. The largest absolute Gasteiger partial charge is 0.483 e. The Hall–Kier alpha value is -2.11. The Kier molecular flexibility index (Phi) is 4.45. The van der Waals surface area contributed by atoms with Crippen LogP contribution in [-0.2, 0) is 0 Å². The van der Waals surface area contributed by atoms with Gasteiger partial charge in [0.15, 0.2) is 0 Å². The SMILES string of the molecule is CC1CC(C)CC(Oc2c(C(=O)O)cccc2[N+](=O)[O-])C1. The summed E-state index contributed by atoms with van der Waals surface area (Å²) in [4.78, 5) is 21.8. The van der Waals surface area contributed by atoms with Crippen LogP contribution in [0.2, 0.25) is 0 Å². The first-order chi connectivity index (χ1) is 9.88. The molecule has 0 aliphatic heterocycles. The normalized spacial score (nSPS) is 25.3. The summed E-state index contributed by atoms with van der Waals surface area (Å²) in [6, 6.07) is 3.97. The molecule has 0 aromatic heterocycles. The van der Waals surface area contributed by atoms with Crippen molar-refractivity contribution in [2.24, 2.45) is 11.8 Å². The average Bonchev–Trinajstić information content (AvgIpc) is 2.37. The van der Waals surface area contributed by atoms with E-state index in [2.05, 4.69) is 13.8 Å². The number of aromatic carboxylic acids is 1. The molecule has 21 heavy (non-hydrogen) atoms. The van der Waals surface area contributed by atoms with E-state index < -0.39 is 10.9 Å². The first kappa shape index (κ1) is 15.3. The zero-order chi connectivity index (χ0) is 15.6. The van der Waals surface area contributed by atoms with Gasteiger partial charge >= 0.3 is 11.7 Å². The van der Waals surface area contributed by atoms with Crippen LogP contribution in [0.5, 0.6) is 5.75 Å². The maximum Gasteiger partial charge on any atom is 0.339 e. The molecule has 1 fully saturated rings. The van der Waals surface area contributed by atoms with Crippen molar-refractivity contribution in [1.82, 2.24) is 0 Å². The molecule has 0 bridgehead atoms. The molecule has 1 aromatic carbocycles. The van der Waals surface area contributed by atoms with Crippen molar-refractivity contribution in [2.45, 2.75) is 39.2 Å². The molecule has 1 saturated carbocycles. The number of ether oxygens (including phenoxy) is 1. The summed E-state index contributed by atoms with van der Waals surface area (Å²) in [7, 11) is 0. The minimum atomic E-state index is -1.22. The highest BCUT2D eigenvalue weighted by atomic mass is 16.6. The van der Waals surface area contributed by atoms with Crippen LogP contribution < -0.4 is 4.74 Å². The van der Waals surface area contributed by atoms with Crippen molar-refractivity contribution in [3.63, 3.8) is 0 Å². The van der Waals surface area contributed by atoms with Crippen LogP contribution >= 0.6 is 0 Å². The van der Waals surface area contributed by atoms with E-state index in [1.165, 1.54) is 18.2 Å². The lowest BCUT2D eigenvalue weighted by Gasteiger charge is -2.31. The molecule has 1 aliphatic rings. The van der Waals surface area contributed by atoms with Gasteiger partial charge in [-0.1, -0.05) is 19.9 Å². The number of carboxylic acid groups (broad SMARTS) is 1. The summed E-state index contributed by atoms with van der Waals surface area (Å²) in [6.45, 7) is 4.23. The Balaban J connectivity index is 2.33. The standard InChI is InChI=1S/C15H19NO5/c1-9-6-10(2)8-11(7-9)21-14-12(15(17)18)4-3-5-13(14)16(19)20/h3-5,9-11H,6-8H2,1-2H3,(H,17,18). The molecule has 0 spiro atoms. The van der Waals surface area contributed by atoms with E-state index in [1.54, 1.807) is 0 Å². The first-order valence-electron chi connectivity index (χ1n) is 7.05. The van der Waals surface area contributed by atoms with Crippen LogP contribution in [0.3, 0.4) is 0 Å². The number of para-hydroxylation sites is 1. The van der Waals surface area contributed by atoms with Crippen LogP contribution in [-0.4, -0.2) is 22.1 Å². The maximum atomic E-state index is 11.3. The van der Waals surface area contributed by atoms with Gasteiger partial charge in [0.05, 0.1) is 11.0 Å². The fraction of sp³-hybridized carbons (Fsp3) is 0.533. The molecular weight excluding hydrogens is 274 g/mol. The van der Waals surface area contributed by atoms with Gasteiger partial charge in [0.2, 0.25) is 5.75 Å². The first-order valence-corrected chi connectivity index (χ1v) is 7.05. The number of nitro groups is 1.